The van der Waals surface area contributed by atoms with Gasteiger partial charge in [0.05, 0.1) is 0 Å². The molecule has 0 spiro atoms. The van der Waals surface area contributed by atoms with Gasteiger partial charge in [-0.15, -0.1) is 0 Å². The van der Waals surface area contributed by atoms with E-state index in [0.29, 0.717) is 0 Å². The van der Waals surface area contributed by atoms with Crippen LogP contribution in [-0.2, 0) is 6.42 Å². The second-order valence-electron chi connectivity index (χ2n) is 6.88. The summed E-state index contributed by atoms with van der Waals surface area (Å²) in [5.74, 6) is 0. The van der Waals surface area contributed by atoms with Gasteiger partial charge in [0.25, 0.3) is 0 Å². The SMILES string of the molecule is CCCCC1=Cc2c(ccc(-c3ccccc3)c2-c2ccccc2)C1. The first-order valence-corrected chi connectivity index (χ1v) is 9.33. The summed E-state index contributed by atoms with van der Waals surface area (Å²) >= 11 is 0. The van der Waals surface area contributed by atoms with Crippen molar-refractivity contribution in [3.05, 3.63) is 89.5 Å². The highest BCUT2D eigenvalue weighted by Gasteiger charge is 2.20. The van der Waals surface area contributed by atoms with E-state index in [-0.39, 0.29) is 0 Å². The van der Waals surface area contributed by atoms with Crippen LogP contribution in [0.25, 0.3) is 28.3 Å². The first-order valence-electron chi connectivity index (χ1n) is 9.33. The average molecular weight is 324 g/mol. The molecule has 0 aromatic heterocycles. The summed E-state index contributed by atoms with van der Waals surface area (Å²) in [5.41, 5.74) is 9.81. The molecule has 0 fully saturated rings. The Balaban J connectivity index is 1.89. The second-order valence-corrected chi connectivity index (χ2v) is 6.88. The van der Waals surface area contributed by atoms with E-state index < -0.39 is 0 Å². The monoisotopic (exact) mass is 324 g/mol. The largest absolute Gasteiger partial charge is 0.0654 e. The number of hydrogen-bond donors (Lipinski definition) is 0. The molecule has 0 heteroatoms. The topological polar surface area (TPSA) is 0 Å². The predicted octanol–water partition coefficient (Wildman–Crippen LogP) is 7.15. The molecule has 0 saturated heterocycles. The molecular weight excluding hydrogens is 300 g/mol. The molecule has 0 radical (unpaired) electrons. The van der Waals surface area contributed by atoms with Crippen molar-refractivity contribution < 1.29 is 0 Å². The zero-order valence-electron chi connectivity index (χ0n) is 14.8. The van der Waals surface area contributed by atoms with Gasteiger partial charge >= 0.3 is 0 Å². The van der Waals surface area contributed by atoms with Crippen LogP contribution < -0.4 is 0 Å². The number of allylic oxidation sites excluding steroid dienone is 1. The molecule has 4 rings (SSSR count). The van der Waals surface area contributed by atoms with Crippen molar-refractivity contribution in [1.82, 2.24) is 0 Å². The molecule has 0 heterocycles. The number of benzene rings is 3. The summed E-state index contributed by atoms with van der Waals surface area (Å²) in [4.78, 5) is 0. The Morgan fingerprint density at radius 2 is 1.44 bits per heavy atom. The second kappa shape index (κ2) is 7.11. The zero-order chi connectivity index (χ0) is 17.1. The molecule has 124 valence electrons. The molecule has 0 nitrogen and oxygen atoms in total. The Labute approximate surface area is 150 Å². The molecule has 3 aromatic rings. The summed E-state index contributed by atoms with van der Waals surface area (Å²) < 4.78 is 0. The summed E-state index contributed by atoms with van der Waals surface area (Å²) in [6, 6.07) is 26.3. The van der Waals surface area contributed by atoms with Crippen LogP contribution in [-0.4, -0.2) is 0 Å². The van der Waals surface area contributed by atoms with Crippen molar-refractivity contribution in [3.63, 3.8) is 0 Å². The van der Waals surface area contributed by atoms with Crippen molar-refractivity contribution in [1.29, 1.82) is 0 Å². The lowest BCUT2D eigenvalue weighted by atomic mass is 9.89. The first-order chi connectivity index (χ1) is 12.4. The van der Waals surface area contributed by atoms with E-state index in [9.17, 15) is 0 Å². The molecule has 1 aliphatic rings. The van der Waals surface area contributed by atoms with Gasteiger partial charge in [-0.25, -0.2) is 0 Å². The summed E-state index contributed by atoms with van der Waals surface area (Å²) in [6.07, 6.45) is 7.34. The quantitative estimate of drug-likeness (QED) is 0.467. The van der Waals surface area contributed by atoms with Crippen molar-refractivity contribution in [2.24, 2.45) is 0 Å². The van der Waals surface area contributed by atoms with E-state index in [2.05, 4.69) is 85.8 Å². The van der Waals surface area contributed by atoms with E-state index >= 15 is 0 Å². The van der Waals surface area contributed by atoms with Gasteiger partial charge in [-0.05, 0) is 52.6 Å². The zero-order valence-corrected chi connectivity index (χ0v) is 14.8. The molecule has 1 aliphatic carbocycles. The third-order valence-corrected chi connectivity index (χ3v) is 5.10. The molecule has 25 heavy (non-hydrogen) atoms. The molecular formula is C25H24. The van der Waals surface area contributed by atoms with Gasteiger partial charge in [0.15, 0.2) is 0 Å². The van der Waals surface area contributed by atoms with Crippen LogP contribution in [0.15, 0.2) is 78.4 Å². The molecule has 0 unspecified atom stereocenters. The average Bonchev–Trinajstić information content (AvgIpc) is 3.10. The van der Waals surface area contributed by atoms with E-state index in [1.165, 1.54) is 52.6 Å². The maximum absolute atomic E-state index is 2.46. The summed E-state index contributed by atoms with van der Waals surface area (Å²) in [6.45, 7) is 2.27. The summed E-state index contributed by atoms with van der Waals surface area (Å²) in [7, 11) is 0. The Hall–Kier alpha value is -2.60. The van der Waals surface area contributed by atoms with Crippen LogP contribution in [0, 0.1) is 0 Å². The standard InChI is InChI=1S/C25H24/c1-2-3-10-19-17-22-15-16-23(20-11-6-4-7-12-20)25(24(22)18-19)21-13-8-5-9-14-21/h4-9,11-16,18H,2-3,10,17H2,1H3. The van der Waals surface area contributed by atoms with Crippen molar-refractivity contribution in [2.75, 3.05) is 0 Å². The number of fused-ring (bicyclic) bond motifs is 1. The normalized spacial score (nSPS) is 12.8. The van der Waals surface area contributed by atoms with Gasteiger partial charge in [0.2, 0.25) is 0 Å². The van der Waals surface area contributed by atoms with Crippen LogP contribution in [0.2, 0.25) is 0 Å². The lowest BCUT2D eigenvalue weighted by Gasteiger charge is -2.15. The highest BCUT2D eigenvalue weighted by atomic mass is 14.2. The van der Waals surface area contributed by atoms with E-state index in [0.717, 1.165) is 6.42 Å². The third kappa shape index (κ3) is 3.17. The molecule has 0 saturated carbocycles. The van der Waals surface area contributed by atoms with Gasteiger partial charge in [0, 0.05) is 0 Å². The van der Waals surface area contributed by atoms with Crippen molar-refractivity contribution in [3.8, 4) is 22.3 Å². The van der Waals surface area contributed by atoms with Crippen LogP contribution >= 0.6 is 0 Å². The maximum atomic E-state index is 2.46. The minimum Gasteiger partial charge on any atom is -0.0654 e. The fourth-order valence-electron chi connectivity index (χ4n) is 3.82. The highest BCUT2D eigenvalue weighted by Crippen LogP contribution is 2.41. The van der Waals surface area contributed by atoms with E-state index in [1.54, 1.807) is 5.57 Å². The fraction of sp³-hybridized carbons (Fsp3) is 0.200. The van der Waals surface area contributed by atoms with E-state index in [1.807, 2.05) is 0 Å². The van der Waals surface area contributed by atoms with E-state index in [4.69, 9.17) is 0 Å². The summed E-state index contributed by atoms with van der Waals surface area (Å²) in [5, 5.41) is 0. The number of unbranched alkanes of at least 4 members (excludes halogenated alkanes) is 1. The van der Waals surface area contributed by atoms with Gasteiger partial charge < -0.3 is 0 Å². The molecule has 0 amide bonds. The number of hydrogen-bond acceptors (Lipinski definition) is 0. The lowest BCUT2D eigenvalue weighted by molar-refractivity contribution is 0.779. The molecule has 0 bridgehead atoms. The Kier molecular flexibility index (Phi) is 4.52. The van der Waals surface area contributed by atoms with Crippen LogP contribution in [0.1, 0.15) is 37.3 Å². The fourth-order valence-corrected chi connectivity index (χ4v) is 3.82. The van der Waals surface area contributed by atoms with Crippen LogP contribution in [0.4, 0.5) is 0 Å². The van der Waals surface area contributed by atoms with Gasteiger partial charge in [-0.1, -0.05) is 97.8 Å². The Morgan fingerprint density at radius 3 is 2.12 bits per heavy atom. The minimum absolute atomic E-state index is 1.12. The Bertz CT molecular complexity index is 886. The molecule has 3 aromatic carbocycles. The maximum Gasteiger partial charge on any atom is -0.00300 e. The predicted molar refractivity (Wildman–Crippen MR) is 109 cm³/mol. The van der Waals surface area contributed by atoms with Gasteiger partial charge in [-0.3, -0.25) is 0 Å². The van der Waals surface area contributed by atoms with Gasteiger partial charge in [0.1, 0.15) is 0 Å². The highest BCUT2D eigenvalue weighted by molar-refractivity contribution is 5.92. The lowest BCUT2D eigenvalue weighted by Crippen LogP contribution is -1.92. The third-order valence-electron chi connectivity index (χ3n) is 5.10. The van der Waals surface area contributed by atoms with Crippen LogP contribution in [0.3, 0.4) is 0 Å². The van der Waals surface area contributed by atoms with Crippen LogP contribution in [0.5, 0.6) is 0 Å². The molecule has 0 N–H and O–H groups in total. The first kappa shape index (κ1) is 15.9. The van der Waals surface area contributed by atoms with Gasteiger partial charge in [-0.2, -0.15) is 0 Å². The minimum atomic E-state index is 1.12. The van der Waals surface area contributed by atoms with Crippen molar-refractivity contribution >= 4 is 6.08 Å². The molecule has 0 atom stereocenters. The smallest absolute Gasteiger partial charge is 0.00300 e. The Morgan fingerprint density at radius 1 is 0.760 bits per heavy atom. The number of rotatable bonds is 5. The molecule has 0 aliphatic heterocycles. The van der Waals surface area contributed by atoms with Crippen molar-refractivity contribution in [2.45, 2.75) is 32.6 Å².